The topological polar surface area (TPSA) is 105 Å². The van der Waals surface area contributed by atoms with Gasteiger partial charge in [0.25, 0.3) is 0 Å². The third-order valence-corrected chi connectivity index (χ3v) is 16.0. The molecule has 3 unspecified atom stereocenters. The maximum absolute atomic E-state index is 13.0. The Hall–Kier alpha value is -1.80. The number of carbonyl (C=O) groups excluding carboxylic acids is 1. The minimum Gasteiger partial charge on any atom is -0.387 e. The number of rotatable bonds is 61. The summed E-state index contributed by atoms with van der Waals surface area (Å²) in [5.41, 5.74) is 0. The largest absolute Gasteiger partial charge is 0.472 e. The quantitative estimate of drug-likeness (QED) is 0.0243. The third-order valence-electron chi connectivity index (χ3n) is 15.0. The molecule has 9 heteroatoms. The van der Waals surface area contributed by atoms with Crippen molar-refractivity contribution < 1.29 is 32.9 Å². The first kappa shape index (κ1) is 75.2. The molecule has 0 bridgehead atoms. The number of likely N-dealkylation sites (N-methyl/N-ethyl adjacent to an activating group) is 1. The number of quaternary nitrogens is 1. The highest BCUT2D eigenvalue weighted by atomic mass is 31.2. The zero-order chi connectivity index (χ0) is 56.3. The van der Waals surface area contributed by atoms with E-state index in [4.69, 9.17) is 9.05 Å². The summed E-state index contributed by atoms with van der Waals surface area (Å²) in [6.45, 7) is 4.73. The minimum atomic E-state index is -4.34. The van der Waals surface area contributed by atoms with Gasteiger partial charge in [0.2, 0.25) is 5.91 Å². The molecule has 452 valence electrons. The normalized spacial score (nSPS) is 14.1. The second-order valence-corrected chi connectivity index (χ2v) is 25.3. The van der Waals surface area contributed by atoms with Crippen molar-refractivity contribution >= 4 is 13.7 Å². The van der Waals surface area contributed by atoms with Crippen molar-refractivity contribution in [2.75, 3.05) is 40.9 Å². The Kier molecular flexibility index (Phi) is 57.5. The number of phosphoric ester groups is 1. The van der Waals surface area contributed by atoms with Crippen molar-refractivity contribution in [2.45, 2.75) is 328 Å². The molecule has 0 aromatic heterocycles. The van der Waals surface area contributed by atoms with Crippen LogP contribution in [0.2, 0.25) is 0 Å². The number of aliphatic hydroxyl groups is 1. The molecule has 77 heavy (non-hydrogen) atoms. The molecule has 3 atom stereocenters. The predicted octanol–water partition coefficient (Wildman–Crippen LogP) is 20.8. The molecule has 0 aromatic carbocycles. The van der Waals surface area contributed by atoms with Crippen LogP contribution in [0.4, 0.5) is 0 Å². The highest BCUT2D eigenvalue weighted by Crippen LogP contribution is 2.43. The van der Waals surface area contributed by atoms with Gasteiger partial charge in [0.15, 0.2) is 0 Å². The van der Waals surface area contributed by atoms with Crippen LogP contribution in [0, 0.1) is 0 Å². The molecule has 0 aromatic rings. The first-order valence-electron chi connectivity index (χ1n) is 33.2. The molecule has 1 amide bonds. The minimum absolute atomic E-state index is 0.0630. The standard InChI is InChI=1S/C68H129N2O6P/c1-6-8-10-12-14-16-18-20-22-23-24-25-26-27-28-29-30-31-32-33-34-35-36-37-38-39-40-41-42-43-44-45-46-47-48-50-52-54-56-58-60-62-68(72)69-66(65-76-77(73,74)75-64-63-70(3,4)5)67(71)61-59-57-55-53-51-49-21-19-17-15-13-11-9-7-2/h8,10,14,16,20,22,24-25,59,61,66-67,71H,6-7,9,11-13,15,17-19,21,23,26-58,60,62-65H2,1-5H3,(H-,69,72,73,74)/p+1/b10-8-,16-14-,22-20-,25-24-,61-59+. The van der Waals surface area contributed by atoms with Crippen molar-refractivity contribution in [3.05, 3.63) is 60.8 Å². The van der Waals surface area contributed by atoms with Crippen LogP contribution in [-0.4, -0.2) is 73.4 Å². The lowest BCUT2D eigenvalue weighted by atomic mass is 10.0. The lowest BCUT2D eigenvalue weighted by Crippen LogP contribution is -2.45. The Balaban J connectivity index is 3.85. The van der Waals surface area contributed by atoms with E-state index < -0.39 is 20.0 Å². The van der Waals surface area contributed by atoms with E-state index in [1.165, 1.54) is 231 Å². The summed E-state index contributed by atoms with van der Waals surface area (Å²) in [6, 6.07) is -0.845. The van der Waals surface area contributed by atoms with Crippen molar-refractivity contribution in [2.24, 2.45) is 0 Å². The van der Waals surface area contributed by atoms with Gasteiger partial charge in [0.1, 0.15) is 13.2 Å². The number of aliphatic hydroxyl groups excluding tert-OH is 1. The second kappa shape index (κ2) is 58.8. The molecule has 0 heterocycles. The van der Waals surface area contributed by atoms with Crippen molar-refractivity contribution in [1.82, 2.24) is 5.32 Å². The van der Waals surface area contributed by atoms with Gasteiger partial charge < -0.3 is 19.8 Å². The summed E-state index contributed by atoms with van der Waals surface area (Å²) in [7, 11) is 1.58. The van der Waals surface area contributed by atoms with Crippen LogP contribution in [0.3, 0.4) is 0 Å². The van der Waals surface area contributed by atoms with E-state index in [2.05, 4.69) is 67.8 Å². The number of hydrogen-bond donors (Lipinski definition) is 3. The lowest BCUT2D eigenvalue weighted by molar-refractivity contribution is -0.870. The predicted molar refractivity (Wildman–Crippen MR) is 337 cm³/mol. The fraction of sp³-hybridized carbons (Fsp3) is 0.838. The maximum atomic E-state index is 13.0. The van der Waals surface area contributed by atoms with Crippen LogP contribution in [0.1, 0.15) is 316 Å². The lowest BCUT2D eigenvalue weighted by Gasteiger charge is -2.25. The number of hydrogen-bond acceptors (Lipinski definition) is 5. The molecule has 0 rings (SSSR count). The monoisotopic (exact) mass is 1100 g/mol. The summed E-state index contributed by atoms with van der Waals surface area (Å²) in [4.78, 5) is 23.3. The summed E-state index contributed by atoms with van der Waals surface area (Å²) >= 11 is 0. The highest BCUT2D eigenvalue weighted by molar-refractivity contribution is 7.47. The van der Waals surface area contributed by atoms with E-state index in [0.29, 0.717) is 17.4 Å². The highest BCUT2D eigenvalue weighted by Gasteiger charge is 2.28. The Labute approximate surface area is 479 Å². The van der Waals surface area contributed by atoms with E-state index in [0.717, 1.165) is 64.2 Å². The van der Waals surface area contributed by atoms with Gasteiger partial charge in [0, 0.05) is 6.42 Å². The SMILES string of the molecule is CC/C=C\C/C=C\C/C=C\C/C=C\CCCCCCCCCCCCCCCCCCCCCCCCCCCCCCC(=O)NC(COP(=O)(O)OCC[N+](C)(C)C)C(O)/C=C/CCCCCCCCCCCCCC. The van der Waals surface area contributed by atoms with E-state index >= 15 is 0 Å². The van der Waals surface area contributed by atoms with Crippen LogP contribution >= 0.6 is 7.82 Å². The summed E-state index contributed by atoms with van der Waals surface area (Å²) in [5, 5.41) is 13.9. The molecule has 0 radical (unpaired) electrons. The van der Waals surface area contributed by atoms with Gasteiger partial charge in [-0.25, -0.2) is 4.57 Å². The summed E-state index contributed by atoms with van der Waals surface area (Å²) < 4.78 is 23.7. The van der Waals surface area contributed by atoms with E-state index in [1.807, 2.05) is 27.2 Å². The molecule has 0 aliphatic heterocycles. The molecule has 0 aliphatic rings. The number of carbonyl (C=O) groups is 1. The average Bonchev–Trinajstić information content (AvgIpc) is 3.39. The molecule has 0 saturated carbocycles. The Morgan fingerprint density at radius 1 is 0.455 bits per heavy atom. The summed E-state index contributed by atoms with van der Waals surface area (Å²) in [5.74, 6) is -0.172. The number of phosphoric acid groups is 1. The van der Waals surface area contributed by atoms with Gasteiger partial charge in [-0.1, -0.05) is 312 Å². The maximum Gasteiger partial charge on any atom is 0.472 e. The number of allylic oxidation sites excluding steroid dienone is 9. The van der Waals surface area contributed by atoms with Crippen LogP contribution in [0.15, 0.2) is 60.8 Å². The first-order chi connectivity index (χ1) is 37.5. The average molecular weight is 1100 g/mol. The van der Waals surface area contributed by atoms with Gasteiger partial charge in [-0.05, 0) is 57.8 Å². The molecule has 0 aliphatic carbocycles. The number of nitrogens with one attached hydrogen (secondary N) is 1. The van der Waals surface area contributed by atoms with Gasteiger partial charge in [-0.15, -0.1) is 0 Å². The van der Waals surface area contributed by atoms with Gasteiger partial charge in [-0.3, -0.25) is 13.8 Å². The molecule has 0 fully saturated rings. The van der Waals surface area contributed by atoms with E-state index in [-0.39, 0.29) is 19.1 Å². The second-order valence-electron chi connectivity index (χ2n) is 23.8. The molecule has 3 N–H and O–H groups in total. The van der Waals surface area contributed by atoms with E-state index in [1.54, 1.807) is 6.08 Å². The fourth-order valence-electron chi connectivity index (χ4n) is 9.86. The van der Waals surface area contributed by atoms with Gasteiger partial charge in [0.05, 0.1) is 39.9 Å². The zero-order valence-corrected chi connectivity index (χ0v) is 52.6. The van der Waals surface area contributed by atoms with Crippen molar-refractivity contribution in [3.63, 3.8) is 0 Å². The third kappa shape index (κ3) is 61.7. The van der Waals surface area contributed by atoms with E-state index in [9.17, 15) is 19.4 Å². The molecular formula is C68H130N2O6P+. The first-order valence-corrected chi connectivity index (χ1v) is 34.7. The Morgan fingerprint density at radius 2 is 0.779 bits per heavy atom. The number of amides is 1. The zero-order valence-electron chi connectivity index (χ0n) is 51.7. The van der Waals surface area contributed by atoms with Gasteiger partial charge >= 0.3 is 7.82 Å². The fourth-order valence-corrected chi connectivity index (χ4v) is 10.6. The molecule has 8 nitrogen and oxygen atoms in total. The summed E-state index contributed by atoms with van der Waals surface area (Å²) in [6.07, 6.45) is 80.9. The molecular weight excluding hydrogens is 972 g/mol. The number of nitrogens with zero attached hydrogens (tertiary/aromatic N) is 1. The van der Waals surface area contributed by atoms with Crippen molar-refractivity contribution in [1.29, 1.82) is 0 Å². The van der Waals surface area contributed by atoms with Gasteiger partial charge in [-0.2, -0.15) is 0 Å². The van der Waals surface area contributed by atoms with Crippen LogP contribution in [0.25, 0.3) is 0 Å². The Bertz CT molecular complexity index is 1440. The number of unbranched alkanes of at least 4 members (excludes halogenated alkanes) is 40. The Morgan fingerprint density at radius 3 is 1.14 bits per heavy atom. The smallest absolute Gasteiger partial charge is 0.387 e. The molecule has 0 spiro atoms. The molecule has 0 saturated heterocycles. The van der Waals surface area contributed by atoms with Crippen LogP contribution in [0.5, 0.6) is 0 Å². The van der Waals surface area contributed by atoms with Crippen LogP contribution in [-0.2, 0) is 18.4 Å². The van der Waals surface area contributed by atoms with Crippen LogP contribution < -0.4 is 5.32 Å². The van der Waals surface area contributed by atoms with Crippen molar-refractivity contribution in [3.8, 4) is 0 Å².